The average Bonchev–Trinajstić information content (AvgIpc) is 2.69. The predicted octanol–water partition coefficient (Wildman–Crippen LogP) is 1.78. The van der Waals surface area contributed by atoms with Crippen LogP contribution in [0.2, 0.25) is 0 Å². The van der Waals surface area contributed by atoms with Crippen LogP contribution < -0.4 is 5.32 Å². The Hall–Kier alpha value is -0.570. The standard InChI is InChI=1S/C15H24N2O/c1-16-13-2-3-17(14(13)18)15-7-10-4-11(8-15)6-12(5-10)9-15/h10-13,16H,2-9H2,1H3. The summed E-state index contributed by atoms with van der Waals surface area (Å²) < 4.78 is 0. The van der Waals surface area contributed by atoms with Gasteiger partial charge in [-0.2, -0.15) is 0 Å². The van der Waals surface area contributed by atoms with Crippen LogP contribution >= 0.6 is 0 Å². The van der Waals surface area contributed by atoms with Gasteiger partial charge in [0.05, 0.1) is 6.04 Å². The van der Waals surface area contributed by atoms with Crippen LogP contribution in [0, 0.1) is 17.8 Å². The second-order valence-electron chi connectivity index (χ2n) is 7.26. The van der Waals surface area contributed by atoms with Gasteiger partial charge in [-0.1, -0.05) is 0 Å². The van der Waals surface area contributed by atoms with Crippen molar-refractivity contribution in [1.82, 2.24) is 10.2 Å². The van der Waals surface area contributed by atoms with E-state index in [0.29, 0.717) is 5.91 Å². The summed E-state index contributed by atoms with van der Waals surface area (Å²) in [4.78, 5) is 14.8. The minimum absolute atomic E-state index is 0.0954. The third-order valence-corrected chi connectivity index (χ3v) is 6.13. The number of likely N-dealkylation sites (tertiary alicyclic amines) is 1. The van der Waals surface area contributed by atoms with Gasteiger partial charge in [-0.15, -0.1) is 0 Å². The minimum atomic E-state index is 0.0954. The van der Waals surface area contributed by atoms with Crippen LogP contribution in [0.1, 0.15) is 44.9 Å². The molecule has 0 aromatic heterocycles. The lowest BCUT2D eigenvalue weighted by atomic mass is 9.52. The predicted molar refractivity (Wildman–Crippen MR) is 70.1 cm³/mol. The number of hydrogen-bond acceptors (Lipinski definition) is 2. The van der Waals surface area contributed by atoms with E-state index in [4.69, 9.17) is 0 Å². The molecular weight excluding hydrogens is 224 g/mol. The molecule has 1 heterocycles. The second kappa shape index (κ2) is 3.72. The van der Waals surface area contributed by atoms with E-state index in [0.717, 1.165) is 30.7 Å². The molecule has 4 bridgehead atoms. The lowest BCUT2D eigenvalue weighted by Gasteiger charge is -2.59. The van der Waals surface area contributed by atoms with Crippen molar-refractivity contribution in [3.63, 3.8) is 0 Å². The summed E-state index contributed by atoms with van der Waals surface area (Å²) >= 11 is 0. The van der Waals surface area contributed by atoms with E-state index in [1.54, 1.807) is 0 Å². The van der Waals surface area contributed by atoms with Crippen molar-refractivity contribution >= 4 is 5.91 Å². The van der Waals surface area contributed by atoms with E-state index in [2.05, 4.69) is 10.2 Å². The first kappa shape index (κ1) is 11.3. The maximum atomic E-state index is 12.5. The average molecular weight is 248 g/mol. The van der Waals surface area contributed by atoms with E-state index in [1.807, 2.05) is 7.05 Å². The topological polar surface area (TPSA) is 32.3 Å². The van der Waals surface area contributed by atoms with Gasteiger partial charge in [-0.3, -0.25) is 4.79 Å². The Morgan fingerprint density at radius 1 is 1.11 bits per heavy atom. The van der Waals surface area contributed by atoms with Crippen LogP contribution in [-0.4, -0.2) is 36.0 Å². The van der Waals surface area contributed by atoms with Crippen LogP contribution in [0.4, 0.5) is 0 Å². The lowest BCUT2D eigenvalue weighted by molar-refractivity contribution is -0.146. The van der Waals surface area contributed by atoms with Crippen LogP contribution in [-0.2, 0) is 4.79 Å². The Labute approximate surface area is 109 Å². The van der Waals surface area contributed by atoms with Crippen molar-refractivity contribution < 1.29 is 4.79 Å². The molecule has 5 rings (SSSR count). The highest BCUT2D eigenvalue weighted by Crippen LogP contribution is 2.58. The number of carbonyl (C=O) groups excluding carboxylic acids is 1. The van der Waals surface area contributed by atoms with Gasteiger partial charge in [0.25, 0.3) is 0 Å². The molecule has 5 aliphatic rings. The van der Waals surface area contributed by atoms with E-state index >= 15 is 0 Å². The van der Waals surface area contributed by atoms with Gasteiger partial charge >= 0.3 is 0 Å². The summed E-state index contributed by atoms with van der Waals surface area (Å²) in [5.74, 6) is 3.17. The SMILES string of the molecule is CNC1CCN(C23CC4CC(CC(C4)C2)C3)C1=O. The Kier molecular flexibility index (Phi) is 2.33. The molecule has 0 aromatic rings. The number of hydrogen-bond donors (Lipinski definition) is 1. The largest absolute Gasteiger partial charge is 0.336 e. The van der Waals surface area contributed by atoms with Gasteiger partial charge in [0.15, 0.2) is 0 Å². The Morgan fingerprint density at radius 2 is 1.67 bits per heavy atom. The summed E-state index contributed by atoms with van der Waals surface area (Å²) in [5, 5.41) is 3.18. The first-order valence-corrected chi connectivity index (χ1v) is 7.69. The monoisotopic (exact) mass is 248 g/mol. The van der Waals surface area contributed by atoms with Crippen molar-refractivity contribution in [2.75, 3.05) is 13.6 Å². The molecule has 18 heavy (non-hydrogen) atoms. The smallest absolute Gasteiger partial charge is 0.240 e. The minimum Gasteiger partial charge on any atom is -0.336 e. The number of nitrogens with zero attached hydrogens (tertiary/aromatic N) is 1. The molecule has 100 valence electrons. The molecule has 1 atom stereocenters. The van der Waals surface area contributed by atoms with Crippen molar-refractivity contribution in [3.05, 3.63) is 0 Å². The van der Waals surface area contributed by atoms with Gasteiger partial charge in [-0.05, 0) is 69.7 Å². The highest BCUT2D eigenvalue weighted by atomic mass is 16.2. The molecule has 5 fully saturated rings. The third-order valence-electron chi connectivity index (χ3n) is 6.13. The Balaban J connectivity index is 1.62. The maximum absolute atomic E-state index is 12.5. The highest BCUT2D eigenvalue weighted by Gasteiger charge is 2.56. The quantitative estimate of drug-likeness (QED) is 0.808. The van der Waals surface area contributed by atoms with Crippen molar-refractivity contribution in [2.45, 2.75) is 56.5 Å². The zero-order valence-corrected chi connectivity index (χ0v) is 11.3. The number of rotatable bonds is 2. The molecule has 3 nitrogen and oxygen atoms in total. The first-order chi connectivity index (χ1) is 8.70. The maximum Gasteiger partial charge on any atom is 0.240 e. The zero-order chi connectivity index (χ0) is 12.3. The zero-order valence-electron chi connectivity index (χ0n) is 11.3. The second-order valence-corrected chi connectivity index (χ2v) is 7.26. The van der Waals surface area contributed by atoms with Gasteiger partial charge in [-0.25, -0.2) is 0 Å². The summed E-state index contributed by atoms with van der Waals surface area (Å²) in [6.45, 7) is 0.997. The molecule has 1 aliphatic heterocycles. The lowest BCUT2D eigenvalue weighted by Crippen LogP contribution is -2.61. The van der Waals surface area contributed by atoms with E-state index in [9.17, 15) is 4.79 Å². The molecule has 0 aromatic carbocycles. The van der Waals surface area contributed by atoms with E-state index in [1.165, 1.54) is 38.5 Å². The molecule has 4 aliphatic carbocycles. The fourth-order valence-electron chi connectivity index (χ4n) is 5.81. The van der Waals surface area contributed by atoms with Gasteiger partial charge < -0.3 is 10.2 Å². The number of amides is 1. The fraction of sp³-hybridized carbons (Fsp3) is 0.933. The molecule has 1 N–H and O–H groups in total. The van der Waals surface area contributed by atoms with Gasteiger partial charge in [0.2, 0.25) is 5.91 Å². The van der Waals surface area contributed by atoms with E-state index < -0.39 is 0 Å². The molecule has 1 saturated heterocycles. The molecule has 1 amide bonds. The summed E-state index contributed by atoms with van der Waals surface area (Å²) in [7, 11) is 1.92. The van der Waals surface area contributed by atoms with E-state index in [-0.39, 0.29) is 11.6 Å². The molecule has 4 saturated carbocycles. The summed E-state index contributed by atoms with van der Waals surface area (Å²) in [5.41, 5.74) is 0.275. The molecular formula is C15H24N2O. The van der Waals surface area contributed by atoms with Crippen LogP contribution in [0.3, 0.4) is 0 Å². The van der Waals surface area contributed by atoms with Gasteiger partial charge in [0, 0.05) is 12.1 Å². The van der Waals surface area contributed by atoms with Gasteiger partial charge in [0.1, 0.15) is 0 Å². The van der Waals surface area contributed by atoms with Crippen molar-refractivity contribution in [1.29, 1.82) is 0 Å². The molecule has 1 unspecified atom stereocenters. The van der Waals surface area contributed by atoms with Crippen LogP contribution in [0.25, 0.3) is 0 Å². The molecule has 3 heteroatoms. The number of carbonyl (C=O) groups is 1. The summed E-state index contributed by atoms with van der Waals surface area (Å²) in [6, 6.07) is 0.0954. The highest BCUT2D eigenvalue weighted by molar-refractivity contribution is 5.84. The third kappa shape index (κ3) is 1.43. The molecule has 0 spiro atoms. The Morgan fingerprint density at radius 3 is 2.11 bits per heavy atom. The number of nitrogens with one attached hydrogen (secondary N) is 1. The van der Waals surface area contributed by atoms with Crippen LogP contribution in [0.5, 0.6) is 0 Å². The number of likely N-dealkylation sites (N-methyl/N-ethyl adjacent to an activating group) is 1. The van der Waals surface area contributed by atoms with Crippen LogP contribution in [0.15, 0.2) is 0 Å². The first-order valence-electron chi connectivity index (χ1n) is 7.69. The van der Waals surface area contributed by atoms with Crippen molar-refractivity contribution in [2.24, 2.45) is 17.8 Å². The molecule has 0 radical (unpaired) electrons. The fourth-order valence-corrected chi connectivity index (χ4v) is 5.81. The normalized spacial score (nSPS) is 50.3. The van der Waals surface area contributed by atoms with Crippen molar-refractivity contribution in [3.8, 4) is 0 Å². The summed E-state index contributed by atoms with van der Waals surface area (Å²) in [6.07, 6.45) is 9.30. The Bertz CT molecular complexity index is 343.